The van der Waals surface area contributed by atoms with E-state index in [0.29, 0.717) is 11.7 Å². The van der Waals surface area contributed by atoms with Gasteiger partial charge in [-0.3, -0.25) is 4.99 Å². The highest BCUT2D eigenvalue weighted by Crippen LogP contribution is 2.11. The Labute approximate surface area is 84.6 Å². The lowest BCUT2D eigenvalue weighted by molar-refractivity contribution is 0.667. The highest BCUT2D eigenvalue weighted by Gasteiger charge is 1.96. The van der Waals surface area contributed by atoms with Crippen LogP contribution in [-0.2, 0) is 0 Å². The van der Waals surface area contributed by atoms with Crippen molar-refractivity contribution >= 4 is 18.7 Å². The van der Waals surface area contributed by atoms with Gasteiger partial charge in [-0.05, 0) is 24.8 Å². The van der Waals surface area contributed by atoms with E-state index in [1.165, 1.54) is 0 Å². The van der Waals surface area contributed by atoms with Gasteiger partial charge in [-0.2, -0.15) is 0 Å². The molecule has 0 unspecified atom stereocenters. The first-order chi connectivity index (χ1) is 6.74. The van der Waals surface area contributed by atoms with E-state index < -0.39 is 0 Å². The molecule has 74 valence electrons. The predicted molar refractivity (Wildman–Crippen MR) is 60.7 cm³/mol. The molecule has 0 aliphatic heterocycles. The average Bonchev–Trinajstić information content (AvgIpc) is 2.18. The van der Waals surface area contributed by atoms with Crippen molar-refractivity contribution in [1.82, 2.24) is 4.98 Å². The molecule has 1 aromatic rings. The molecule has 3 heteroatoms. The summed E-state index contributed by atoms with van der Waals surface area (Å²) < 4.78 is 0. The molecule has 0 saturated carbocycles. The SMILES string of the molecule is C=Nc1ncccc1/C=N\CC(C)C. The summed E-state index contributed by atoms with van der Waals surface area (Å²) in [5.74, 6) is 1.21. The number of aromatic nitrogens is 1. The number of hydrogen-bond acceptors (Lipinski definition) is 3. The van der Waals surface area contributed by atoms with E-state index in [-0.39, 0.29) is 0 Å². The molecule has 0 amide bonds. The Bertz CT molecular complexity index is 329. The molecule has 0 aliphatic carbocycles. The summed E-state index contributed by atoms with van der Waals surface area (Å²) in [6.07, 6.45) is 3.50. The normalized spacial score (nSPS) is 11.1. The minimum atomic E-state index is 0.572. The molecule has 0 spiro atoms. The second-order valence-corrected chi connectivity index (χ2v) is 3.46. The molecule has 0 saturated heterocycles. The van der Waals surface area contributed by atoms with E-state index >= 15 is 0 Å². The fourth-order valence-corrected chi connectivity index (χ4v) is 1.00. The Hall–Kier alpha value is -1.51. The Morgan fingerprint density at radius 2 is 2.36 bits per heavy atom. The van der Waals surface area contributed by atoms with E-state index in [1.807, 2.05) is 12.1 Å². The molecule has 1 rings (SSSR count). The summed E-state index contributed by atoms with van der Waals surface area (Å²) in [4.78, 5) is 12.2. The fraction of sp³-hybridized carbons (Fsp3) is 0.364. The number of pyridine rings is 1. The van der Waals surface area contributed by atoms with Gasteiger partial charge in [-0.15, -0.1) is 0 Å². The molecule has 3 nitrogen and oxygen atoms in total. The van der Waals surface area contributed by atoms with Crippen LogP contribution in [0.15, 0.2) is 28.3 Å². The van der Waals surface area contributed by atoms with E-state index in [4.69, 9.17) is 0 Å². The van der Waals surface area contributed by atoms with E-state index in [9.17, 15) is 0 Å². The summed E-state index contributed by atoms with van der Waals surface area (Å²) in [6, 6.07) is 3.80. The molecule has 0 radical (unpaired) electrons. The van der Waals surface area contributed by atoms with Crippen molar-refractivity contribution in [2.24, 2.45) is 15.9 Å². The van der Waals surface area contributed by atoms with Gasteiger partial charge in [0.2, 0.25) is 0 Å². The summed E-state index contributed by atoms with van der Waals surface area (Å²) in [6.45, 7) is 8.55. The maximum Gasteiger partial charge on any atom is 0.160 e. The van der Waals surface area contributed by atoms with Crippen LogP contribution < -0.4 is 0 Å². The van der Waals surface area contributed by atoms with E-state index in [1.54, 1.807) is 12.4 Å². The van der Waals surface area contributed by atoms with Crippen LogP contribution >= 0.6 is 0 Å². The third-order valence-corrected chi connectivity index (χ3v) is 1.67. The highest BCUT2D eigenvalue weighted by atomic mass is 14.9. The molecule has 0 fully saturated rings. The maximum absolute atomic E-state index is 4.30. The molecular weight excluding hydrogens is 174 g/mol. The van der Waals surface area contributed by atoms with Crippen molar-refractivity contribution in [3.05, 3.63) is 23.9 Å². The monoisotopic (exact) mass is 189 g/mol. The van der Waals surface area contributed by atoms with Gasteiger partial charge in [0.1, 0.15) is 0 Å². The van der Waals surface area contributed by atoms with Gasteiger partial charge >= 0.3 is 0 Å². The van der Waals surface area contributed by atoms with Gasteiger partial charge in [-0.25, -0.2) is 9.98 Å². The molecule has 0 N–H and O–H groups in total. The molecule has 0 atom stereocenters. The first-order valence-electron chi connectivity index (χ1n) is 4.65. The van der Waals surface area contributed by atoms with Gasteiger partial charge in [0.15, 0.2) is 5.82 Å². The topological polar surface area (TPSA) is 37.6 Å². The summed E-state index contributed by atoms with van der Waals surface area (Å²) in [5.41, 5.74) is 0.920. The minimum absolute atomic E-state index is 0.572. The standard InChI is InChI=1S/C11H15N3/c1-9(2)7-13-8-10-5-4-6-14-11(10)12-3/h4-6,8-9H,3,7H2,1-2H3/b13-8-. The summed E-state index contributed by atoms with van der Waals surface area (Å²) in [5, 5.41) is 0. The van der Waals surface area contributed by atoms with Crippen LogP contribution in [0.5, 0.6) is 0 Å². The lowest BCUT2D eigenvalue weighted by Crippen LogP contribution is -1.93. The Morgan fingerprint density at radius 1 is 1.57 bits per heavy atom. The zero-order valence-corrected chi connectivity index (χ0v) is 8.64. The van der Waals surface area contributed by atoms with Crippen molar-refractivity contribution in [1.29, 1.82) is 0 Å². The van der Waals surface area contributed by atoms with Crippen LogP contribution in [0.4, 0.5) is 5.82 Å². The first kappa shape index (κ1) is 10.6. The number of aliphatic imine (C=N–C) groups is 2. The molecule has 1 heterocycles. The predicted octanol–water partition coefficient (Wildman–Crippen LogP) is 2.49. The summed E-state index contributed by atoms with van der Waals surface area (Å²) in [7, 11) is 0. The lowest BCUT2D eigenvalue weighted by atomic mass is 10.2. The van der Waals surface area contributed by atoms with Crippen LogP contribution in [0, 0.1) is 5.92 Å². The van der Waals surface area contributed by atoms with Crippen LogP contribution in [-0.4, -0.2) is 24.5 Å². The minimum Gasteiger partial charge on any atom is -0.292 e. The Balaban J connectivity index is 2.75. The Morgan fingerprint density at radius 3 is 3.00 bits per heavy atom. The fourth-order valence-electron chi connectivity index (χ4n) is 1.00. The van der Waals surface area contributed by atoms with Gasteiger partial charge in [0.25, 0.3) is 0 Å². The quantitative estimate of drug-likeness (QED) is 0.670. The highest BCUT2D eigenvalue weighted by molar-refractivity contribution is 5.85. The van der Waals surface area contributed by atoms with Crippen LogP contribution in [0.1, 0.15) is 19.4 Å². The summed E-state index contributed by atoms with van der Waals surface area (Å²) >= 11 is 0. The largest absolute Gasteiger partial charge is 0.292 e. The number of rotatable bonds is 4. The van der Waals surface area contributed by atoms with Crippen LogP contribution in [0.25, 0.3) is 0 Å². The van der Waals surface area contributed by atoms with Crippen molar-refractivity contribution in [2.45, 2.75) is 13.8 Å². The second-order valence-electron chi connectivity index (χ2n) is 3.46. The van der Waals surface area contributed by atoms with Crippen molar-refractivity contribution in [3.63, 3.8) is 0 Å². The molecular formula is C11H15N3. The zero-order chi connectivity index (χ0) is 10.4. The molecule has 14 heavy (non-hydrogen) atoms. The average molecular weight is 189 g/mol. The van der Waals surface area contributed by atoms with Crippen molar-refractivity contribution in [3.8, 4) is 0 Å². The van der Waals surface area contributed by atoms with E-state index in [2.05, 4.69) is 35.5 Å². The Kier molecular flexibility index (Phi) is 3.98. The molecule has 0 aromatic carbocycles. The van der Waals surface area contributed by atoms with E-state index in [0.717, 1.165) is 12.1 Å². The van der Waals surface area contributed by atoms with Crippen molar-refractivity contribution < 1.29 is 0 Å². The van der Waals surface area contributed by atoms with Gasteiger partial charge in [0.05, 0.1) is 0 Å². The molecule has 1 aromatic heterocycles. The second kappa shape index (κ2) is 5.27. The number of hydrogen-bond donors (Lipinski definition) is 0. The van der Waals surface area contributed by atoms with Gasteiger partial charge in [-0.1, -0.05) is 13.8 Å². The van der Waals surface area contributed by atoms with Gasteiger partial charge in [0, 0.05) is 24.5 Å². The first-order valence-corrected chi connectivity index (χ1v) is 4.65. The van der Waals surface area contributed by atoms with Crippen LogP contribution in [0.2, 0.25) is 0 Å². The number of nitrogens with zero attached hydrogens (tertiary/aromatic N) is 3. The molecule has 0 aliphatic rings. The third-order valence-electron chi connectivity index (χ3n) is 1.67. The molecule has 0 bridgehead atoms. The third kappa shape index (κ3) is 3.09. The van der Waals surface area contributed by atoms with Crippen LogP contribution in [0.3, 0.4) is 0 Å². The lowest BCUT2D eigenvalue weighted by Gasteiger charge is -1.99. The van der Waals surface area contributed by atoms with Gasteiger partial charge < -0.3 is 0 Å². The maximum atomic E-state index is 4.30. The van der Waals surface area contributed by atoms with Crippen molar-refractivity contribution in [2.75, 3.05) is 6.54 Å². The zero-order valence-electron chi connectivity index (χ0n) is 8.64. The smallest absolute Gasteiger partial charge is 0.160 e.